The van der Waals surface area contributed by atoms with Gasteiger partial charge < -0.3 is 14.2 Å². The van der Waals surface area contributed by atoms with Crippen molar-refractivity contribution in [3.8, 4) is 17.2 Å². The molecule has 20 heavy (non-hydrogen) atoms. The molecule has 4 heteroatoms. The van der Waals surface area contributed by atoms with Crippen LogP contribution < -0.4 is 14.2 Å². The van der Waals surface area contributed by atoms with Crippen molar-refractivity contribution in [1.29, 1.82) is 0 Å². The summed E-state index contributed by atoms with van der Waals surface area (Å²) in [6, 6.07) is 9.38. The fourth-order valence-electron chi connectivity index (χ4n) is 1.79. The predicted octanol–water partition coefficient (Wildman–Crippen LogP) is 3.32. The van der Waals surface area contributed by atoms with E-state index in [-0.39, 0.29) is 0 Å². The number of hydrogen-bond acceptors (Lipinski definition) is 4. The zero-order chi connectivity index (χ0) is 14.4. The van der Waals surface area contributed by atoms with Crippen molar-refractivity contribution in [2.24, 2.45) is 0 Å². The summed E-state index contributed by atoms with van der Waals surface area (Å²) in [5, 5.41) is 0. The number of aromatic nitrogens is 1. The summed E-state index contributed by atoms with van der Waals surface area (Å²) in [6.45, 7) is 4.09. The Balaban J connectivity index is 2.27. The summed E-state index contributed by atoms with van der Waals surface area (Å²) in [7, 11) is 3.19. The van der Waals surface area contributed by atoms with Gasteiger partial charge in [0, 0.05) is 6.20 Å². The molecule has 0 bridgehead atoms. The molecular weight excluding hydrogens is 254 g/mol. The molecule has 0 radical (unpaired) electrons. The monoisotopic (exact) mass is 271 g/mol. The molecule has 0 saturated carbocycles. The average molecular weight is 271 g/mol. The Morgan fingerprint density at radius 1 is 1.15 bits per heavy atom. The van der Waals surface area contributed by atoms with Gasteiger partial charge in [0.25, 0.3) is 0 Å². The van der Waals surface area contributed by atoms with Crippen molar-refractivity contribution in [2.75, 3.05) is 14.2 Å². The maximum atomic E-state index is 5.79. The van der Waals surface area contributed by atoms with E-state index in [9.17, 15) is 0 Å². The van der Waals surface area contributed by atoms with Crippen LogP contribution in [0.5, 0.6) is 17.2 Å². The molecule has 104 valence electrons. The Morgan fingerprint density at radius 3 is 2.35 bits per heavy atom. The summed E-state index contributed by atoms with van der Waals surface area (Å²) in [4.78, 5) is 4.22. The van der Waals surface area contributed by atoms with Crippen LogP contribution >= 0.6 is 0 Å². The molecule has 0 spiro atoms. The molecule has 1 aromatic heterocycles. The van der Waals surface area contributed by atoms with Crippen molar-refractivity contribution >= 4 is 6.08 Å². The van der Waals surface area contributed by atoms with Gasteiger partial charge in [-0.25, -0.2) is 0 Å². The van der Waals surface area contributed by atoms with E-state index in [1.54, 1.807) is 26.5 Å². The molecule has 2 rings (SSSR count). The standard InChI is InChI=1S/C16H17NO3/c1-4-12-9-14(18-2)16(15(10-12)19-3)20-11-13-7-5-6-8-17-13/h4-10H,1,11H2,2-3H3. The lowest BCUT2D eigenvalue weighted by molar-refractivity contribution is 0.262. The third-order valence-electron chi connectivity index (χ3n) is 2.81. The molecule has 1 aromatic carbocycles. The molecule has 0 saturated heterocycles. The van der Waals surface area contributed by atoms with Gasteiger partial charge in [-0.3, -0.25) is 4.98 Å². The van der Waals surface area contributed by atoms with Gasteiger partial charge in [0.15, 0.2) is 11.5 Å². The topological polar surface area (TPSA) is 40.6 Å². The van der Waals surface area contributed by atoms with Crippen molar-refractivity contribution in [2.45, 2.75) is 6.61 Å². The third-order valence-corrected chi connectivity index (χ3v) is 2.81. The van der Waals surface area contributed by atoms with Crippen molar-refractivity contribution in [3.05, 3.63) is 54.4 Å². The molecule has 0 aliphatic carbocycles. The Kier molecular flexibility index (Phi) is 4.60. The van der Waals surface area contributed by atoms with Gasteiger partial charge in [-0.2, -0.15) is 0 Å². The van der Waals surface area contributed by atoms with Crippen LogP contribution in [0, 0.1) is 0 Å². The highest BCUT2D eigenvalue weighted by molar-refractivity contribution is 5.61. The molecule has 0 amide bonds. The van der Waals surface area contributed by atoms with Crippen LogP contribution in [-0.2, 0) is 6.61 Å². The molecule has 0 N–H and O–H groups in total. The van der Waals surface area contributed by atoms with Crippen LogP contribution in [0.15, 0.2) is 43.1 Å². The van der Waals surface area contributed by atoms with Crippen LogP contribution in [0.4, 0.5) is 0 Å². The van der Waals surface area contributed by atoms with Crippen molar-refractivity contribution < 1.29 is 14.2 Å². The van der Waals surface area contributed by atoms with Crippen molar-refractivity contribution in [1.82, 2.24) is 4.98 Å². The van der Waals surface area contributed by atoms with Crippen LogP contribution in [0.2, 0.25) is 0 Å². The second-order valence-electron chi connectivity index (χ2n) is 4.07. The number of benzene rings is 1. The molecule has 0 aliphatic heterocycles. The Labute approximate surface area is 118 Å². The first kappa shape index (κ1) is 13.9. The maximum Gasteiger partial charge on any atom is 0.203 e. The average Bonchev–Trinajstić information content (AvgIpc) is 2.52. The third kappa shape index (κ3) is 3.09. The number of hydrogen-bond donors (Lipinski definition) is 0. The minimum Gasteiger partial charge on any atom is -0.493 e. The molecule has 4 nitrogen and oxygen atoms in total. The normalized spacial score (nSPS) is 9.90. The van der Waals surface area contributed by atoms with Crippen LogP contribution in [-0.4, -0.2) is 19.2 Å². The van der Waals surface area contributed by atoms with E-state index >= 15 is 0 Å². The van der Waals surface area contributed by atoms with Gasteiger partial charge in [-0.15, -0.1) is 0 Å². The highest BCUT2D eigenvalue weighted by atomic mass is 16.5. The summed E-state index contributed by atoms with van der Waals surface area (Å²) in [5.41, 5.74) is 1.74. The summed E-state index contributed by atoms with van der Waals surface area (Å²) in [6.07, 6.45) is 3.46. The Morgan fingerprint density at radius 2 is 1.85 bits per heavy atom. The van der Waals surface area contributed by atoms with Gasteiger partial charge in [-0.1, -0.05) is 18.7 Å². The van der Waals surface area contributed by atoms with Crippen LogP contribution in [0.3, 0.4) is 0 Å². The van der Waals surface area contributed by atoms with E-state index in [0.29, 0.717) is 23.9 Å². The summed E-state index contributed by atoms with van der Waals surface area (Å²) < 4.78 is 16.5. The van der Waals surface area contributed by atoms with Gasteiger partial charge in [-0.05, 0) is 29.8 Å². The van der Waals surface area contributed by atoms with Gasteiger partial charge >= 0.3 is 0 Å². The Bertz CT molecular complexity index is 557. The zero-order valence-electron chi connectivity index (χ0n) is 11.6. The van der Waals surface area contributed by atoms with Gasteiger partial charge in [0.05, 0.1) is 19.9 Å². The largest absolute Gasteiger partial charge is 0.493 e. The minimum absolute atomic E-state index is 0.348. The van der Waals surface area contributed by atoms with E-state index < -0.39 is 0 Å². The zero-order valence-corrected chi connectivity index (χ0v) is 11.6. The lowest BCUT2D eigenvalue weighted by atomic mass is 10.2. The number of ether oxygens (including phenoxy) is 3. The van der Waals surface area contributed by atoms with E-state index in [1.165, 1.54) is 0 Å². The number of rotatable bonds is 6. The highest BCUT2D eigenvalue weighted by Crippen LogP contribution is 2.39. The van der Waals surface area contributed by atoms with E-state index in [1.807, 2.05) is 30.3 Å². The molecule has 2 aromatic rings. The number of nitrogens with zero attached hydrogens (tertiary/aromatic N) is 1. The maximum absolute atomic E-state index is 5.79. The molecule has 0 atom stereocenters. The van der Waals surface area contributed by atoms with Gasteiger partial charge in [0.2, 0.25) is 5.75 Å². The van der Waals surface area contributed by atoms with Crippen LogP contribution in [0.1, 0.15) is 11.3 Å². The fraction of sp³-hybridized carbons (Fsp3) is 0.188. The lowest BCUT2D eigenvalue weighted by Gasteiger charge is -2.15. The first-order valence-electron chi connectivity index (χ1n) is 6.19. The first-order valence-corrected chi connectivity index (χ1v) is 6.19. The minimum atomic E-state index is 0.348. The fourth-order valence-corrected chi connectivity index (χ4v) is 1.79. The van der Waals surface area contributed by atoms with E-state index in [0.717, 1.165) is 11.3 Å². The van der Waals surface area contributed by atoms with Gasteiger partial charge in [0.1, 0.15) is 6.61 Å². The second-order valence-corrected chi connectivity index (χ2v) is 4.07. The molecular formula is C16H17NO3. The molecule has 0 aliphatic rings. The van der Waals surface area contributed by atoms with E-state index in [2.05, 4.69) is 11.6 Å². The van der Waals surface area contributed by atoms with Crippen molar-refractivity contribution in [3.63, 3.8) is 0 Å². The van der Waals surface area contributed by atoms with E-state index in [4.69, 9.17) is 14.2 Å². The summed E-state index contributed by atoms with van der Waals surface area (Å²) in [5.74, 6) is 1.77. The summed E-state index contributed by atoms with van der Waals surface area (Å²) >= 11 is 0. The predicted molar refractivity (Wildman–Crippen MR) is 78.2 cm³/mol. The molecule has 0 fully saturated rings. The van der Waals surface area contributed by atoms with Crippen LogP contribution in [0.25, 0.3) is 6.08 Å². The molecule has 0 unspecified atom stereocenters. The SMILES string of the molecule is C=Cc1cc(OC)c(OCc2ccccn2)c(OC)c1. The Hall–Kier alpha value is -2.49. The first-order chi connectivity index (χ1) is 9.78. The smallest absolute Gasteiger partial charge is 0.203 e. The molecule has 1 heterocycles. The number of pyridine rings is 1. The number of methoxy groups -OCH3 is 2. The quantitative estimate of drug-likeness (QED) is 0.808. The lowest BCUT2D eigenvalue weighted by Crippen LogP contribution is -2.01. The second kappa shape index (κ2) is 6.61. The highest BCUT2D eigenvalue weighted by Gasteiger charge is 2.13.